The van der Waals surface area contributed by atoms with Gasteiger partial charge in [0, 0.05) is 36.5 Å². The van der Waals surface area contributed by atoms with Gasteiger partial charge in [0.1, 0.15) is 11.0 Å². The highest BCUT2D eigenvalue weighted by Gasteiger charge is 2.51. The van der Waals surface area contributed by atoms with Gasteiger partial charge in [-0.3, -0.25) is 9.78 Å². The highest BCUT2D eigenvalue weighted by Crippen LogP contribution is 2.42. The zero-order valence-electron chi connectivity index (χ0n) is 15.3. The van der Waals surface area contributed by atoms with Crippen molar-refractivity contribution >= 4 is 27.5 Å². The second kappa shape index (κ2) is 6.27. The Hall–Kier alpha value is -2.47. The van der Waals surface area contributed by atoms with Crippen molar-refractivity contribution < 1.29 is 13.2 Å². The maximum atomic E-state index is 13.3. The van der Waals surface area contributed by atoms with Crippen LogP contribution in [-0.4, -0.2) is 48.1 Å². The van der Waals surface area contributed by atoms with Gasteiger partial charge in [0.05, 0.1) is 16.7 Å². The standard InChI is InChI=1S/C19H17ClN4O3S/c1-12-7-16-15(10-22-12)18(25)24-6-5-23(11-19(16,24)2)28(26,27)17-8-14(20)4-3-13(17)9-21/h3-4,7-8,10H,5-6,11H2,1-2H3. The summed E-state index contributed by atoms with van der Waals surface area (Å²) in [6.45, 7) is 4.18. The minimum Gasteiger partial charge on any atom is -0.326 e. The Balaban J connectivity index is 1.79. The third-order valence-electron chi connectivity index (χ3n) is 5.43. The maximum absolute atomic E-state index is 13.3. The van der Waals surface area contributed by atoms with Crippen molar-refractivity contribution in [2.75, 3.05) is 19.6 Å². The molecular weight excluding hydrogens is 400 g/mol. The van der Waals surface area contributed by atoms with E-state index in [2.05, 4.69) is 4.98 Å². The number of carbonyl (C=O) groups excluding carboxylic acids is 1. The van der Waals surface area contributed by atoms with Crippen LogP contribution in [0.4, 0.5) is 0 Å². The third kappa shape index (κ3) is 2.62. The quantitative estimate of drug-likeness (QED) is 0.748. The van der Waals surface area contributed by atoms with Crippen LogP contribution in [0.1, 0.15) is 34.1 Å². The number of nitriles is 1. The fraction of sp³-hybridized carbons (Fsp3) is 0.316. The molecule has 0 spiro atoms. The first-order valence-corrected chi connectivity index (χ1v) is 10.5. The Morgan fingerprint density at radius 1 is 1.29 bits per heavy atom. The molecule has 2 aliphatic heterocycles. The first kappa shape index (κ1) is 18.9. The molecule has 0 saturated carbocycles. The first-order valence-electron chi connectivity index (χ1n) is 8.67. The van der Waals surface area contributed by atoms with Crippen LogP contribution in [0.15, 0.2) is 35.4 Å². The minimum atomic E-state index is -3.96. The summed E-state index contributed by atoms with van der Waals surface area (Å²) in [6, 6.07) is 7.94. The summed E-state index contributed by atoms with van der Waals surface area (Å²) in [6.07, 6.45) is 1.56. The molecule has 0 N–H and O–H groups in total. The molecule has 28 heavy (non-hydrogen) atoms. The number of piperazine rings is 1. The Morgan fingerprint density at radius 2 is 2.04 bits per heavy atom. The fourth-order valence-corrected chi connectivity index (χ4v) is 5.92. The van der Waals surface area contributed by atoms with E-state index in [0.29, 0.717) is 5.56 Å². The monoisotopic (exact) mass is 416 g/mol. The number of aryl methyl sites for hydroxylation is 1. The average Bonchev–Trinajstić information content (AvgIpc) is 2.88. The molecule has 1 atom stereocenters. The molecule has 2 aromatic rings. The Morgan fingerprint density at radius 3 is 2.75 bits per heavy atom. The number of aromatic nitrogens is 1. The number of halogens is 1. The van der Waals surface area contributed by atoms with Gasteiger partial charge >= 0.3 is 0 Å². The highest BCUT2D eigenvalue weighted by atomic mass is 35.5. The van der Waals surface area contributed by atoms with Crippen molar-refractivity contribution in [2.24, 2.45) is 0 Å². The second-order valence-electron chi connectivity index (χ2n) is 7.19. The van der Waals surface area contributed by atoms with Crippen LogP contribution in [-0.2, 0) is 15.6 Å². The topological polar surface area (TPSA) is 94.4 Å². The summed E-state index contributed by atoms with van der Waals surface area (Å²) in [5.41, 5.74) is 1.29. The predicted octanol–water partition coefficient (Wildman–Crippen LogP) is 2.29. The SMILES string of the molecule is Cc1cc2c(cn1)C(=O)N1CCN(S(=O)(=O)c3cc(Cl)ccc3C#N)CC21C. The van der Waals surface area contributed by atoms with Crippen molar-refractivity contribution in [1.82, 2.24) is 14.2 Å². The van der Waals surface area contributed by atoms with Crippen LogP contribution in [0.3, 0.4) is 0 Å². The van der Waals surface area contributed by atoms with Gasteiger partial charge in [0.15, 0.2) is 0 Å². The molecule has 4 rings (SSSR count). The van der Waals surface area contributed by atoms with Crippen molar-refractivity contribution in [3.05, 3.63) is 57.9 Å². The second-order valence-corrected chi connectivity index (χ2v) is 9.54. The molecule has 2 aliphatic rings. The summed E-state index contributed by atoms with van der Waals surface area (Å²) < 4.78 is 27.9. The van der Waals surface area contributed by atoms with Gasteiger partial charge in [0.2, 0.25) is 10.0 Å². The number of rotatable bonds is 2. The number of benzene rings is 1. The molecule has 1 aromatic carbocycles. The zero-order chi connectivity index (χ0) is 20.3. The van der Waals surface area contributed by atoms with Gasteiger partial charge in [-0.15, -0.1) is 0 Å². The summed E-state index contributed by atoms with van der Waals surface area (Å²) in [4.78, 5) is 18.6. The molecule has 9 heteroatoms. The van der Waals surface area contributed by atoms with Crippen LogP contribution < -0.4 is 0 Å². The Bertz CT molecular complexity index is 1160. The number of hydrogen-bond donors (Lipinski definition) is 0. The third-order valence-corrected chi connectivity index (χ3v) is 7.55. The van der Waals surface area contributed by atoms with E-state index in [9.17, 15) is 18.5 Å². The maximum Gasteiger partial charge on any atom is 0.256 e. The lowest BCUT2D eigenvalue weighted by atomic mass is 9.90. The number of sulfonamides is 1. The Labute approximate surface area is 168 Å². The van der Waals surface area contributed by atoms with E-state index in [1.807, 2.05) is 26.0 Å². The number of carbonyl (C=O) groups is 1. The molecule has 3 heterocycles. The molecule has 1 saturated heterocycles. The van der Waals surface area contributed by atoms with Gasteiger partial charge in [-0.1, -0.05) is 11.6 Å². The van der Waals surface area contributed by atoms with Crippen molar-refractivity contribution in [1.29, 1.82) is 5.26 Å². The number of fused-ring (bicyclic) bond motifs is 3. The van der Waals surface area contributed by atoms with E-state index in [4.69, 9.17) is 11.6 Å². The highest BCUT2D eigenvalue weighted by molar-refractivity contribution is 7.89. The molecule has 144 valence electrons. The van der Waals surface area contributed by atoms with Gasteiger partial charge in [-0.2, -0.15) is 9.57 Å². The van der Waals surface area contributed by atoms with E-state index in [1.165, 1.54) is 22.5 Å². The number of hydrogen-bond acceptors (Lipinski definition) is 5. The molecule has 0 radical (unpaired) electrons. The molecule has 1 fully saturated rings. The summed E-state index contributed by atoms with van der Waals surface area (Å²) in [7, 11) is -3.96. The van der Waals surface area contributed by atoms with E-state index in [-0.39, 0.29) is 41.0 Å². The number of pyridine rings is 1. The fourth-order valence-electron chi connectivity index (χ4n) is 3.99. The first-order chi connectivity index (χ1) is 13.2. The predicted molar refractivity (Wildman–Crippen MR) is 102 cm³/mol. The molecule has 7 nitrogen and oxygen atoms in total. The van der Waals surface area contributed by atoms with Gasteiger partial charge in [0.25, 0.3) is 5.91 Å². The molecular formula is C19H17ClN4O3S. The summed E-state index contributed by atoms with van der Waals surface area (Å²) in [5, 5.41) is 9.57. The van der Waals surface area contributed by atoms with Crippen molar-refractivity contribution in [2.45, 2.75) is 24.3 Å². The Kier molecular flexibility index (Phi) is 4.23. The molecule has 1 amide bonds. The van der Waals surface area contributed by atoms with Crippen molar-refractivity contribution in [3.63, 3.8) is 0 Å². The summed E-state index contributed by atoms with van der Waals surface area (Å²) in [5.74, 6) is -0.137. The smallest absolute Gasteiger partial charge is 0.256 e. The largest absolute Gasteiger partial charge is 0.326 e. The van der Waals surface area contributed by atoms with E-state index >= 15 is 0 Å². The normalized spacial score (nSPS) is 21.9. The van der Waals surface area contributed by atoms with E-state index in [0.717, 1.165) is 11.3 Å². The molecule has 0 bridgehead atoms. The van der Waals surface area contributed by atoms with Crippen LogP contribution in [0.25, 0.3) is 0 Å². The van der Waals surface area contributed by atoms with Gasteiger partial charge in [-0.05, 0) is 43.7 Å². The van der Waals surface area contributed by atoms with Crippen LogP contribution >= 0.6 is 11.6 Å². The van der Waals surface area contributed by atoms with Crippen LogP contribution in [0, 0.1) is 18.3 Å². The number of amides is 1. The molecule has 0 aliphatic carbocycles. The van der Waals surface area contributed by atoms with Crippen LogP contribution in [0.2, 0.25) is 5.02 Å². The van der Waals surface area contributed by atoms with Gasteiger partial charge < -0.3 is 4.90 Å². The molecule has 1 aromatic heterocycles. The lowest BCUT2D eigenvalue weighted by Crippen LogP contribution is -2.58. The minimum absolute atomic E-state index is 0.0416. The zero-order valence-corrected chi connectivity index (χ0v) is 16.9. The van der Waals surface area contributed by atoms with E-state index < -0.39 is 15.6 Å². The van der Waals surface area contributed by atoms with Crippen molar-refractivity contribution in [3.8, 4) is 6.07 Å². The van der Waals surface area contributed by atoms with Crippen LogP contribution in [0.5, 0.6) is 0 Å². The lowest BCUT2D eigenvalue weighted by molar-refractivity contribution is 0.0376. The summed E-state index contributed by atoms with van der Waals surface area (Å²) >= 11 is 5.99. The average molecular weight is 417 g/mol. The number of nitrogens with zero attached hydrogens (tertiary/aromatic N) is 4. The van der Waals surface area contributed by atoms with E-state index in [1.54, 1.807) is 11.1 Å². The molecule has 1 unspecified atom stereocenters. The lowest BCUT2D eigenvalue weighted by Gasteiger charge is -2.44. The van der Waals surface area contributed by atoms with Gasteiger partial charge in [-0.25, -0.2) is 8.42 Å².